The van der Waals surface area contributed by atoms with Crippen LogP contribution in [0.15, 0.2) is 12.1 Å². The predicted octanol–water partition coefficient (Wildman–Crippen LogP) is 4.49. The monoisotopic (exact) mass is 348 g/mol. The summed E-state index contributed by atoms with van der Waals surface area (Å²) in [4.78, 5) is 17.4. The first-order valence-corrected chi connectivity index (χ1v) is 9.56. The molecule has 140 valence electrons. The molecule has 0 aromatic carbocycles. The molecule has 1 aromatic heterocycles. The van der Waals surface area contributed by atoms with E-state index < -0.39 is 5.60 Å². The SMILES string of the molecule is CCCCOc1ccc(NC(=O)[C@]2(OCC)CCC[C@@H](C)C2)c(C)n1. The minimum absolute atomic E-state index is 0.0505. The Labute approximate surface area is 151 Å². The first-order chi connectivity index (χ1) is 12.0. The normalized spacial score (nSPS) is 23.3. The van der Waals surface area contributed by atoms with E-state index in [1.165, 1.54) is 0 Å². The van der Waals surface area contributed by atoms with E-state index >= 15 is 0 Å². The van der Waals surface area contributed by atoms with Crippen LogP contribution in [0.1, 0.15) is 65.0 Å². The highest BCUT2D eigenvalue weighted by molar-refractivity contribution is 5.97. The van der Waals surface area contributed by atoms with E-state index in [2.05, 4.69) is 24.1 Å². The third-order valence-electron chi connectivity index (χ3n) is 4.85. The average Bonchev–Trinajstić information content (AvgIpc) is 2.57. The smallest absolute Gasteiger partial charge is 0.256 e. The number of hydrogen-bond donors (Lipinski definition) is 1. The van der Waals surface area contributed by atoms with Gasteiger partial charge in [0.1, 0.15) is 5.60 Å². The van der Waals surface area contributed by atoms with Crippen molar-refractivity contribution in [3.05, 3.63) is 17.8 Å². The van der Waals surface area contributed by atoms with Gasteiger partial charge >= 0.3 is 0 Å². The fraction of sp³-hybridized carbons (Fsp3) is 0.700. The number of aromatic nitrogens is 1. The van der Waals surface area contributed by atoms with Crippen LogP contribution in [0.4, 0.5) is 5.69 Å². The van der Waals surface area contributed by atoms with E-state index in [-0.39, 0.29) is 5.91 Å². The molecule has 1 heterocycles. The minimum atomic E-state index is -0.713. The van der Waals surface area contributed by atoms with Crippen LogP contribution in [0.25, 0.3) is 0 Å². The van der Waals surface area contributed by atoms with Crippen molar-refractivity contribution in [3.63, 3.8) is 0 Å². The Bertz CT molecular complexity index is 572. The molecule has 1 saturated carbocycles. The van der Waals surface area contributed by atoms with Gasteiger partial charge in [-0.05, 0) is 51.5 Å². The lowest BCUT2D eigenvalue weighted by Gasteiger charge is -2.38. The second-order valence-electron chi connectivity index (χ2n) is 7.07. The Hall–Kier alpha value is -1.62. The zero-order valence-electron chi connectivity index (χ0n) is 16.1. The number of pyridine rings is 1. The van der Waals surface area contributed by atoms with Crippen LogP contribution in [0, 0.1) is 12.8 Å². The molecule has 25 heavy (non-hydrogen) atoms. The summed E-state index contributed by atoms with van der Waals surface area (Å²) >= 11 is 0. The van der Waals surface area contributed by atoms with E-state index in [0.29, 0.717) is 25.0 Å². The van der Waals surface area contributed by atoms with E-state index in [4.69, 9.17) is 9.47 Å². The summed E-state index contributed by atoms with van der Waals surface area (Å²) in [6.07, 6.45) is 5.83. The molecule has 5 nitrogen and oxygen atoms in total. The van der Waals surface area contributed by atoms with Gasteiger partial charge in [-0.3, -0.25) is 4.79 Å². The van der Waals surface area contributed by atoms with Crippen molar-refractivity contribution in [1.29, 1.82) is 0 Å². The largest absolute Gasteiger partial charge is 0.478 e. The van der Waals surface area contributed by atoms with Crippen LogP contribution < -0.4 is 10.1 Å². The number of anilines is 1. The molecule has 0 unspecified atom stereocenters. The lowest BCUT2D eigenvalue weighted by atomic mass is 9.78. The predicted molar refractivity (Wildman–Crippen MR) is 100.0 cm³/mol. The second-order valence-corrected chi connectivity index (χ2v) is 7.07. The van der Waals surface area contributed by atoms with E-state index in [1.54, 1.807) is 0 Å². The maximum Gasteiger partial charge on any atom is 0.256 e. The number of nitrogens with zero attached hydrogens (tertiary/aromatic N) is 1. The highest BCUT2D eigenvalue weighted by atomic mass is 16.5. The maximum atomic E-state index is 13.0. The van der Waals surface area contributed by atoms with Crippen molar-refractivity contribution >= 4 is 11.6 Å². The summed E-state index contributed by atoms with van der Waals surface area (Å²) in [7, 11) is 0. The quantitative estimate of drug-likeness (QED) is 0.703. The van der Waals surface area contributed by atoms with Crippen molar-refractivity contribution in [2.75, 3.05) is 18.5 Å². The third kappa shape index (κ3) is 5.18. The number of amides is 1. The molecule has 1 amide bonds. The zero-order valence-corrected chi connectivity index (χ0v) is 16.1. The molecule has 0 bridgehead atoms. The van der Waals surface area contributed by atoms with Gasteiger partial charge in [-0.1, -0.05) is 26.7 Å². The molecular formula is C20H32N2O3. The number of nitrogens with one attached hydrogen (secondary N) is 1. The second kappa shape index (κ2) is 9.18. The number of unbranched alkanes of at least 4 members (excludes halogenated alkanes) is 1. The Morgan fingerprint density at radius 1 is 1.40 bits per heavy atom. The Balaban J connectivity index is 2.07. The molecule has 1 aliphatic rings. The number of carbonyl (C=O) groups is 1. The molecule has 5 heteroatoms. The molecular weight excluding hydrogens is 316 g/mol. The summed E-state index contributed by atoms with van der Waals surface area (Å²) in [5.74, 6) is 1.06. The van der Waals surface area contributed by atoms with Crippen molar-refractivity contribution < 1.29 is 14.3 Å². The molecule has 0 radical (unpaired) electrons. The van der Waals surface area contributed by atoms with E-state index in [0.717, 1.165) is 49.9 Å². The Morgan fingerprint density at radius 2 is 2.20 bits per heavy atom. The van der Waals surface area contributed by atoms with Gasteiger partial charge in [0.2, 0.25) is 5.88 Å². The summed E-state index contributed by atoms with van der Waals surface area (Å²) in [5.41, 5.74) is 0.776. The average molecular weight is 348 g/mol. The van der Waals surface area contributed by atoms with Gasteiger partial charge in [0.25, 0.3) is 5.91 Å². The van der Waals surface area contributed by atoms with Crippen LogP contribution in [0.5, 0.6) is 5.88 Å². The van der Waals surface area contributed by atoms with Gasteiger partial charge in [-0.2, -0.15) is 0 Å². The topological polar surface area (TPSA) is 60.5 Å². The zero-order chi connectivity index (χ0) is 18.3. The highest BCUT2D eigenvalue weighted by Crippen LogP contribution is 2.36. The van der Waals surface area contributed by atoms with Crippen LogP contribution >= 0.6 is 0 Å². The lowest BCUT2D eigenvalue weighted by molar-refractivity contribution is -0.147. The molecule has 0 saturated heterocycles. The molecule has 1 fully saturated rings. The van der Waals surface area contributed by atoms with Gasteiger partial charge in [-0.25, -0.2) is 4.98 Å². The molecule has 0 aliphatic heterocycles. The number of aryl methyl sites for hydroxylation is 1. The Kier molecular flexibility index (Phi) is 7.24. The van der Waals surface area contributed by atoms with Crippen molar-refractivity contribution in [3.8, 4) is 5.88 Å². The summed E-state index contributed by atoms with van der Waals surface area (Å²) < 4.78 is 11.6. The third-order valence-corrected chi connectivity index (χ3v) is 4.85. The van der Waals surface area contributed by atoms with Gasteiger partial charge < -0.3 is 14.8 Å². The first kappa shape index (κ1) is 19.7. The minimum Gasteiger partial charge on any atom is -0.478 e. The summed E-state index contributed by atoms with van der Waals surface area (Å²) in [6.45, 7) is 9.36. The van der Waals surface area contributed by atoms with Crippen LogP contribution in [0.2, 0.25) is 0 Å². The van der Waals surface area contributed by atoms with Gasteiger partial charge in [0, 0.05) is 12.7 Å². The molecule has 1 N–H and O–H groups in total. The lowest BCUT2D eigenvalue weighted by Crippen LogP contribution is -2.48. The highest BCUT2D eigenvalue weighted by Gasteiger charge is 2.42. The maximum absolute atomic E-state index is 13.0. The van der Waals surface area contributed by atoms with Crippen LogP contribution in [-0.4, -0.2) is 29.7 Å². The fourth-order valence-corrected chi connectivity index (χ4v) is 3.49. The Morgan fingerprint density at radius 3 is 2.84 bits per heavy atom. The fourth-order valence-electron chi connectivity index (χ4n) is 3.49. The van der Waals surface area contributed by atoms with Crippen molar-refractivity contribution in [2.24, 2.45) is 5.92 Å². The molecule has 2 atom stereocenters. The van der Waals surface area contributed by atoms with Crippen molar-refractivity contribution in [2.45, 2.75) is 71.8 Å². The van der Waals surface area contributed by atoms with E-state index in [9.17, 15) is 4.79 Å². The molecule has 0 spiro atoms. The molecule has 2 rings (SSSR count). The van der Waals surface area contributed by atoms with E-state index in [1.807, 2.05) is 26.0 Å². The summed E-state index contributed by atoms with van der Waals surface area (Å²) in [5, 5.41) is 3.04. The van der Waals surface area contributed by atoms with Gasteiger partial charge in [0.15, 0.2) is 0 Å². The molecule has 1 aromatic rings. The molecule has 1 aliphatic carbocycles. The number of ether oxygens (including phenoxy) is 2. The van der Waals surface area contributed by atoms with Gasteiger partial charge in [0.05, 0.1) is 18.0 Å². The number of carbonyl (C=O) groups excluding carboxylic acids is 1. The first-order valence-electron chi connectivity index (χ1n) is 9.56. The standard InChI is InChI=1S/C20H32N2O3/c1-5-7-13-24-18-11-10-17(16(4)21-18)22-19(23)20(25-6-2)12-8-9-15(3)14-20/h10-11,15H,5-9,12-14H2,1-4H3,(H,22,23)/t15-,20+/m1/s1. The van der Waals surface area contributed by atoms with Crippen LogP contribution in [0.3, 0.4) is 0 Å². The number of rotatable bonds is 8. The van der Waals surface area contributed by atoms with Crippen molar-refractivity contribution in [1.82, 2.24) is 4.98 Å². The van der Waals surface area contributed by atoms with Crippen LogP contribution in [-0.2, 0) is 9.53 Å². The summed E-state index contributed by atoms with van der Waals surface area (Å²) in [6, 6.07) is 3.68. The van der Waals surface area contributed by atoms with Gasteiger partial charge in [-0.15, -0.1) is 0 Å². The number of hydrogen-bond acceptors (Lipinski definition) is 4.